The lowest BCUT2D eigenvalue weighted by Gasteiger charge is -2.12. The van der Waals surface area contributed by atoms with Gasteiger partial charge in [0.25, 0.3) is 6.43 Å². The second-order valence-electron chi connectivity index (χ2n) is 6.99. The van der Waals surface area contributed by atoms with Gasteiger partial charge in [-0.3, -0.25) is 4.40 Å². The first kappa shape index (κ1) is 22.6. The molecule has 10 heteroatoms. The van der Waals surface area contributed by atoms with Crippen molar-refractivity contribution in [3.05, 3.63) is 58.9 Å². The number of alkyl halides is 2. The van der Waals surface area contributed by atoms with E-state index in [1.807, 2.05) is 41.8 Å². The zero-order chi connectivity index (χ0) is 22.5. The van der Waals surface area contributed by atoms with Gasteiger partial charge < -0.3 is 9.47 Å². The third-order valence-corrected chi connectivity index (χ3v) is 6.63. The largest absolute Gasteiger partial charge is 0.491 e. The summed E-state index contributed by atoms with van der Waals surface area (Å²) in [6.45, 7) is 2.96. The summed E-state index contributed by atoms with van der Waals surface area (Å²) in [5.74, 6) is 1.95. The van der Waals surface area contributed by atoms with Crippen LogP contribution in [0.15, 0.2) is 47.5 Å². The fourth-order valence-corrected chi connectivity index (χ4v) is 4.79. The van der Waals surface area contributed by atoms with E-state index in [-0.39, 0.29) is 5.01 Å². The molecule has 168 valence electrons. The highest BCUT2D eigenvalue weighted by atomic mass is 32.2. The number of pyridine rings is 1. The highest BCUT2D eigenvalue weighted by molar-refractivity contribution is 7.98. The van der Waals surface area contributed by atoms with Gasteiger partial charge in [0.05, 0.1) is 12.3 Å². The second-order valence-corrected chi connectivity index (χ2v) is 9.05. The highest BCUT2D eigenvalue weighted by Gasteiger charge is 2.21. The topological polar surface area (TPSA) is 61.5 Å². The summed E-state index contributed by atoms with van der Waals surface area (Å²) in [6, 6.07) is 12.2. The Morgan fingerprint density at radius 2 is 1.97 bits per heavy atom. The minimum Gasteiger partial charge on any atom is -0.491 e. The molecular weight excluding hydrogens is 454 g/mol. The van der Waals surface area contributed by atoms with Crippen LogP contribution in [0.2, 0.25) is 0 Å². The van der Waals surface area contributed by atoms with Gasteiger partial charge in [-0.25, -0.2) is 13.8 Å². The molecule has 0 amide bonds. The van der Waals surface area contributed by atoms with Crippen LogP contribution >= 0.6 is 23.1 Å². The molecule has 32 heavy (non-hydrogen) atoms. The number of aryl methyl sites for hydroxylation is 1. The van der Waals surface area contributed by atoms with Gasteiger partial charge in [-0.15, -0.1) is 22.0 Å². The predicted octanol–water partition coefficient (Wildman–Crippen LogP) is 5.81. The van der Waals surface area contributed by atoms with E-state index in [1.54, 1.807) is 18.9 Å². The number of fused-ring (bicyclic) bond motifs is 1. The minimum atomic E-state index is -2.66. The van der Waals surface area contributed by atoms with E-state index >= 15 is 0 Å². The molecule has 0 unspecified atom stereocenters. The van der Waals surface area contributed by atoms with Crippen molar-refractivity contribution in [3.8, 4) is 16.6 Å². The molecule has 0 bridgehead atoms. The Hall–Kier alpha value is -2.56. The van der Waals surface area contributed by atoms with Gasteiger partial charge in [0, 0.05) is 37.0 Å². The van der Waals surface area contributed by atoms with Crippen molar-refractivity contribution in [3.63, 3.8) is 0 Å². The van der Waals surface area contributed by atoms with E-state index in [0.717, 1.165) is 39.6 Å². The van der Waals surface area contributed by atoms with Gasteiger partial charge in [0.15, 0.2) is 15.8 Å². The van der Waals surface area contributed by atoms with Crippen LogP contribution in [0.3, 0.4) is 0 Å². The number of nitrogens with zero attached hydrogens (tertiary/aromatic N) is 4. The van der Waals surface area contributed by atoms with Crippen LogP contribution in [0.5, 0.6) is 5.75 Å². The lowest BCUT2D eigenvalue weighted by molar-refractivity contribution is 0.150. The summed E-state index contributed by atoms with van der Waals surface area (Å²) in [6.07, 6.45) is 0.0346. The number of methoxy groups -OCH3 is 1. The van der Waals surface area contributed by atoms with Crippen molar-refractivity contribution in [1.82, 2.24) is 19.6 Å². The van der Waals surface area contributed by atoms with E-state index in [0.29, 0.717) is 29.8 Å². The summed E-state index contributed by atoms with van der Waals surface area (Å²) in [5, 5.41) is 7.59. The quantitative estimate of drug-likeness (QED) is 0.213. The molecule has 0 saturated heterocycles. The second kappa shape index (κ2) is 10.4. The Bertz CT molecular complexity index is 1180. The molecule has 3 aromatic heterocycles. The average Bonchev–Trinajstić information content (AvgIpc) is 3.41. The molecule has 3 heterocycles. The Morgan fingerprint density at radius 3 is 2.69 bits per heavy atom. The molecule has 0 fully saturated rings. The maximum atomic E-state index is 13.1. The third kappa shape index (κ3) is 5.08. The number of thioether (sulfide) groups is 1. The van der Waals surface area contributed by atoms with Crippen LogP contribution < -0.4 is 4.74 Å². The number of hydrogen-bond donors (Lipinski definition) is 0. The fraction of sp³-hybridized carbons (Fsp3) is 0.318. The van der Waals surface area contributed by atoms with Crippen LogP contribution in [-0.4, -0.2) is 39.9 Å². The first-order chi connectivity index (χ1) is 15.6. The van der Waals surface area contributed by atoms with E-state index in [9.17, 15) is 8.78 Å². The van der Waals surface area contributed by atoms with Gasteiger partial charge in [-0.05, 0) is 18.6 Å². The molecule has 0 atom stereocenters. The van der Waals surface area contributed by atoms with Crippen molar-refractivity contribution in [2.45, 2.75) is 30.4 Å². The number of hydrogen-bond acceptors (Lipinski definition) is 7. The predicted molar refractivity (Wildman–Crippen MR) is 122 cm³/mol. The molecule has 1 aromatic carbocycles. The summed E-state index contributed by atoms with van der Waals surface area (Å²) in [4.78, 5) is 5.58. The van der Waals surface area contributed by atoms with Crippen molar-refractivity contribution in [1.29, 1.82) is 0 Å². The lowest BCUT2D eigenvalue weighted by Crippen LogP contribution is -2.03. The van der Waals surface area contributed by atoms with Crippen LogP contribution in [-0.2, 0) is 10.5 Å². The third-order valence-electron chi connectivity index (χ3n) is 4.67. The van der Waals surface area contributed by atoms with Crippen molar-refractivity contribution in [2.75, 3.05) is 20.3 Å². The molecule has 0 saturated carbocycles. The van der Waals surface area contributed by atoms with Gasteiger partial charge in [-0.2, -0.15) is 0 Å². The molecule has 0 aliphatic carbocycles. The number of benzene rings is 1. The maximum Gasteiger partial charge on any atom is 0.291 e. The monoisotopic (exact) mass is 476 g/mol. The number of halogens is 2. The molecule has 4 aromatic rings. The number of imidazole rings is 1. The van der Waals surface area contributed by atoms with Crippen LogP contribution in [0, 0.1) is 6.92 Å². The summed E-state index contributed by atoms with van der Waals surface area (Å²) < 4.78 is 39.2. The van der Waals surface area contributed by atoms with E-state index < -0.39 is 6.43 Å². The standard InChI is InChI=1S/C22H22F2N4O2S2/c1-14-18-17(30-10-6-9-29-2)11-16(31-13-15-7-4-3-5-8-15)12-28(18)20(25-14)22-27-26-21(32-22)19(23)24/h3-5,7-8,11-12,19H,6,9-10,13H2,1-2H3. The molecule has 0 radical (unpaired) electrons. The lowest BCUT2D eigenvalue weighted by atomic mass is 10.2. The summed E-state index contributed by atoms with van der Waals surface area (Å²) >= 11 is 2.51. The summed E-state index contributed by atoms with van der Waals surface area (Å²) in [5.41, 5.74) is 2.72. The van der Waals surface area contributed by atoms with Gasteiger partial charge >= 0.3 is 0 Å². The number of aromatic nitrogens is 4. The Kier molecular flexibility index (Phi) is 7.33. The molecule has 6 nitrogen and oxygen atoms in total. The first-order valence-electron chi connectivity index (χ1n) is 10.00. The zero-order valence-corrected chi connectivity index (χ0v) is 19.3. The van der Waals surface area contributed by atoms with Crippen molar-refractivity contribution < 1.29 is 18.3 Å². The maximum absolute atomic E-state index is 13.1. The van der Waals surface area contributed by atoms with Gasteiger partial charge in [0.2, 0.25) is 0 Å². The Labute approximate surface area is 192 Å². The molecule has 0 aliphatic rings. The highest BCUT2D eigenvalue weighted by Crippen LogP contribution is 2.36. The smallest absolute Gasteiger partial charge is 0.291 e. The van der Waals surface area contributed by atoms with Gasteiger partial charge in [-0.1, -0.05) is 41.7 Å². The Balaban J connectivity index is 1.72. The molecule has 4 rings (SSSR count). The van der Waals surface area contributed by atoms with Crippen molar-refractivity contribution >= 4 is 28.6 Å². The van der Waals surface area contributed by atoms with Gasteiger partial charge in [0.1, 0.15) is 11.3 Å². The zero-order valence-electron chi connectivity index (χ0n) is 17.6. The Morgan fingerprint density at radius 1 is 1.16 bits per heavy atom. The minimum absolute atomic E-state index is 0.319. The van der Waals surface area contributed by atoms with Crippen LogP contribution in [0.1, 0.15) is 29.1 Å². The summed E-state index contributed by atoms with van der Waals surface area (Å²) in [7, 11) is 1.65. The van der Waals surface area contributed by atoms with Crippen molar-refractivity contribution in [2.24, 2.45) is 0 Å². The van der Waals surface area contributed by atoms with E-state index in [1.165, 1.54) is 5.56 Å². The fourth-order valence-electron chi connectivity index (χ4n) is 3.21. The molecule has 0 aliphatic heterocycles. The van der Waals surface area contributed by atoms with Crippen LogP contribution in [0.25, 0.3) is 16.3 Å². The van der Waals surface area contributed by atoms with E-state index in [2.05, 4.69) is 27.3 Å². The molecular formula is C22H22F2N4O2S2. The molecule has 0 N–H and O–H groups in total. The number of ether oxygens (including phenoxy) is 2. The average molecular weight is 477 g/mol. The number of rotatable bonds is 10. The normalized spacial score (nSPS) is 11.5. The van der Waals surface area contributed by atoms with E-state index in [4.69, 9.17) is 9.47 Å². The van der Waals surface area contributed by atoms with Crippen LogP contribution in [0.4, 0.5) is 8.78 Å². The molecule has 0 spiro atoms. The SMILES string of the molecule is COCCCOc1cc(SCc2ccccc2)cn2c(-c3nnc(C(F)F)s3)nc(C)c12. The first-order valence-corrected chi connectivity index (χ1v) is 11.8.